The second-order valence-corrected chi connectivity index (χ2v) is 5.15. The first-order valence-electron chi connectivity index (χ1n) is 7.43. The molecule has 0 saturated carbocycles. The number of furan rings is 1. The third kappa shape index (κ3) is 4.34. The molecule has 4 heteroatoms. The van der Waals surface area contributed by atoms with Gasteiger partial charge in [-0.25, -0.2) is 0 Å². The maximum Gasteiger partial charge on any atom is 0.105 e. The first kappa shape index (κ1) is 14.6. The van der Waals surface area contributed by atoms with E-state index in [1.807, 2.05) is 12.1 Å². The lowest BCUT2D eigenvalue weighted by molar-refractivity contribution is -0.0453. The van der Waals surface area contributed by atoms with Crippen LogP contribution in [-0.4, -0.2) is 49.8 Å². The molecule has 1 aromatic heterocycles. The van der Waals surface area contributed by atoms with Crippen LogP contribution in [0.5, 0.6) is 0 Å². The van der Waals surface area contributed by atoms with Gasteiger partial charge in [0.25, 0.3) is 0 Å². The molecule has 1 fully saturated rings. The van der Waals surface area contributed by atoms with Gasteiger partial charge in [-0.1, -0.05) is 13.8 Å². The van der Waals surface area contributed by atoms with E-state index in [0.29, 0.717) is 6.04 Å². The first-order chi connectivity index (χ1) is 9.33. The molecule has 1 saturated heterocycles. The summed E-state index contributed by atoms with van der Waals surface area (Å²) in [4.78, 5) is 2.46. The Kier molecular flexibility index (Phi) is 5.89. The van der Waals surface area contributed by atoms with Gasteiger partial charge >= 0.3 is 0 Å². The monoisotopic (exact) mass is 266 g/mol. The molecule has 19 heavy (non-hydrogen) atoms. The molecule has 4 nitrogen and oxygen atoms in total. The number of rotatable bonds is 7. The summed E-state index contributed by atoms with van der Waals surface area (Å²) in [5, 5.41) is 3.61. The number of nitrogens with zero attached hydrogens (tertiary/aromatic N) is 1. The van der Waals surface area contributed by atoms with Crippen LogP contribution in [0, 0.1) is 0 Å². The molecule has 0 bridgehead atoms. The van der Waals surface area contributed by atoms with Gasteiger partial charge in [0, 0.05) is 25.6 Å². The molecule has 2 heterocycles. The highest BCUT2D eigenvalue weighted by molar-refractivity contribution is 5.02. The Labute approximate surface area is 116 Å². The third-order valence-corrected chi connectivity index (χ3v) is 3.73. The van der Waals surface area contributed by atoms with Crippen LogP contribution in [0.1, 0.15) is 26.0 Å². The van der Waals surface area contributed by atoms with Crippen LogP contribution in [0.2, 0.25) is 0 Å². The molecule has 0 spiro atoms. The van der Waals surface area contributed by atoms with Crippen LogP contribution < -0.4 is 5.32 Å². The molecule has 1 aliphatic heterocycles. The zero-order valence-electron chi connectivity index (χ0n) is 12.1. The highest BCUT2D eigenvalue weighted by Crippen LogP contribution is 2.14. The molecule has 1 N–H and O–H groups in total. The van der Waals surface area contributed by atoms with Crippen molar-refractivity contribution in [1.82, 2.24) is 10.2 Å². The summed E-state index contributed by atoms with van der Waals surface area (Å²) in [5.74, 6) is 1.03. The van der Waals surface area contributed by atoms with Crippen molar-refractivity contribution >= 4 is 0 Å². The Bertz CT molecular complexity index is 340. The summed E-state index contributed by atoms with van der Waals surface area (Å²) >= 11 is 0. The minimum Gasteiger partial charge on any atom is -0.469 e. The minimum atomic E-state index is 0.255. The summed E-state index contributed by atoms with van der Waals surface area (Å²) < 4.78 is 11.5. The number of nitrogens with one attached hydrogen (secondary N) is 1. The predicted octanol–water partition coefficient (Wildman–Crippen LogP) is 1.91. The molecule has 1 aromatic rings. The van der Waals surface area contributed by atoms with Gasteiger partial charge in [0.15, 0.2) is 0 Å². The van der Waals surface area contributed by atoms with E-state index >= 15 is 0 Å². The number of morpholine rings is 1. The van der Waals surface area contributed by atoms with Gasteiger partial charge in [0.2, 0.25) is 0 Å². The van der Waals surface area contributed by atoms with E-state index in [4.69, 9.17) is 9.15 Å². The Hall–Kier alpha value is -0.840. The predicted molar refractivity (Wildman–Crippen MR) is 76.3 cm³/mol. The molecule has 0 amide bonds. The lowest BCUT2D eigenvalue weighted by Crippen LogP contribution is -2.53. The van der Waals surface area contributed by atoms with Crippen molar-refractivity contribution in [3.63, 3.8) is 0 Å². The van der Waals surface area contributed by atoms with E-state index in [-0.39, 0.29) is 6.10 Å². The second kappa shape index (κ2) is 7.68. The third-order valence-electron chi connectivity index (χ3n) is 3.73. The maximum absolute atomic E-state index is 5.97. The lowest BCUT2D eigenvalue weighted by atomic mass is 10.0. The highest BCUT2D eigenvalue weighted by atomic mass is 16.5. The number of hydrogen-bond acceptors (Lipinski definition) is 4. The van der Waals surface area contributed by atoms with Gasteiger partial charge in [-0.2, -0.15) is 0 Å². The van der Waals surface area contributed by atoms with Crippen molar-refractivity contribution in [2.75, 3.05) is 32.8 Å². The van der Waals surface area contributed by atoms with E-state index in [0.717, 1.165) is 51.4 Å². The van der Waals surface area contributed by atoms with E-state index in [2.05, 4.69) is 24.1 Å². The van der Waals surface area contributed by atoms with E-state index < -0.39 is 0 Å². The molecular formula is C15H26N2O2. The fraction of sp³-hybridized carbons (Fsp3) is 0.733. The fourth-order valence-corrected chi connectivity index (χ4v) is 2.57. The van der Waals surface area contributed by atoms with Crippen LogP contribution in [0.25, 0.3) is 0 Å². The van der Waals surface area contributed by atoms with Crippen LogP contribution in [0.15, 0.2) is 22.8 Å². The zero-order valence-corrected chi connectivity index (χ0v) is 12.1. The van der Waals surface area contributed by atoms with Gasteiger partial charge in [0.1, 0.15) is 5.76 Å². The number of ether oxygens (including phenoxy) is 1. The van der Waals surface area contributed by atoms with Gasteiger partial charge in [-0.3, -0.25) is 4.90 Å². The summed E-state index contributed by atoms with van der Waals surface area (Å²) in [6.07, 6.45) is 4.03. The molecular weight excluding hydrogens is 240 g/mol. The second-order valence-electron chi connectivity index (χ2n) is 5.15. The molecule has 2 atom stereocenters. The molecule has 0 radical (unpaired) electrons. The average molecular weight is 266 g/mol. The van der Waals surface area contributed by atoms with Crippen molar-refractivity contribution in [1.29, 1.82) is 0 Å². The molecule has 1 aliphatic rings. The highest BCUT2D eigenvalue weighted by Gasteiger charge is 2.27. The molecule has 0 aromatic carbocycles. The summed E-state index contributed by atoms with van der Waals surface area (Å²) in [7, 11) is 0. The van der Waals surface area contributed by atoms with Crippen LogP contribution in [-0.2, 0) is 11.2 Å². The minimum absolute atomic E-state index is 0.255. The first-order valence-corrected chi connectivity index (χ1v) is 7.43. The molecule has 2 rings (SSSR count). The van der Waals surface area contributed by atoms with Gasteiger partial charge in [-0.15, -0.1) is 0 Å². The smallest absolute Gasteiger partial charge is 0.105 e. The normalized spacial score (nSPS) is 22.5. The van der Waals surface area contributed by atoms with Crippen LogP contribution in [0.4, 0.5) is 0 Å². The molecule has 2 unspecified atom stereocenters. The molecule has 0 aliphatic carbocycles. The van der Waals surface area contributed by atoms with Gasteiger partial charge in [-0.05, 0) is 31.6 Å². The van der Waals surface area contributed by atoms with E-state index in [1.165, 1.54) is 0 Å². The SMILES string of the molecule is CCCNC(Cc1ccco1)C1CN(CC)CCO1. The van der Waals surface area contributed by atoms with Gasteiger partial charge < -0.3 is 14.5 Å². The topological polar surface area (TPSA) is 37.6 Å². The maximum atomic E-state index is 5.97. The number of likely N-dealkylation sites (N-methyl/N-ethyl adjacent to an activating group) is 1. The van der Waals surface area contributed by atoms with E-state index in [1.54, 1.807) is 6.26 Å². The van der Waals surface area contributed by atoms with Crippen LogP contribution >= 0.6 is 0 Å². The van der Waals surface area contributed by atoms with Crippen LogP contribution in [0.3, 0.4) is 0 Å². The number of hydrogen-bond donors (Lipinski definition) is 1. The van der Waals surface area contributed by atoms with Crippen molar-refractivity contribution in [3.05, 3.63) is 24.2 Å². The van der Waals surface area contributed by atoms with E-state index in [9.17, 15) is 0 Å². The summed E-state index contributed by atoms with van der Waals surface area (Å²) in [5.41, 5.74) is 0. The summed E-state index contributed by atoms with van der Waals surface area (Å²) in [6, 6.07) is 4.33. The van der Waals surface area contributed by atoms with Crippen molar-refractivity contribution in [2.24, 2.45) is 0 Å². The van der Waals surface area contributed by atoms with Crippen molar-refractivity contribution in [2.45, 2.75) is 38.8 Å². The Balaban J connectivity index is 1.95. The Morgan fingerprint density at radius 2 is 2.37 bits per heavy atom. The Morgan fingerprint density at radius 1 is 1.47 bits per heavy atom. The zero-order chi connectivity index (χ0) is 13.5. The standard InChI is InChI=1S/C15H26N2O2/c1-3-7-16-14(11-13-6-5-9-18-13)15-12-17(4-2)8-10-19-15/h5-6,9,14-16H,3-4,7-8,10-12H2,1-2H3. The Morgan fingerprint density at radius 3 is 3.05 bits per heavy atom. The average Bonchev–Trinajstić information content (AvgIpc) is 2.96. The lowest BCUT2D eigenvalue weighted by Gasteiger charge is -2.36. The van der Waals surface area contributed by atoms with Crippen molar-refractivity contribution < 1.29 is 9.15 Å². The summed E-state index contributed by atoms with van der Waals surface area (Å²) in [6.45, 7) is 9.42. The fourth-order valence-electron chi connectivity index (χ4n) is 2.57. The van der Waals surface area contributed by atoms with Crippen molar-refractivity contribution in [3.8, 4) is 0 Å². The van der Waals surface area contributed by atoms with Gasteiger partial charge in [0.05, 0.1) is 19.0 Å². The largest absolute Gasteiger partial charge is 0.469 e. The molecule has 108 valence electrons. The quantitative estimate of drug-likeness (QED) is 0.818.